The van der Waals surface area contributed by atoms with Gasteiger partial charge in [0.1, 0.15) is 0 Å². The third-order valence-corrected chi connectivity index (χ3v) is 4.99. The first kappa shape index (κ1) is 13.9. The first-order valence-electron chi connectivity index (χ1n) is 7.68. The predicted octanol–water partition coefficient (Wildman–Crippen LogP) is 2.46. The van der Waals surface area contributed by atoms with Crippen LogP contribution < -0.4 is 10.6 Å². The van der Waals surface area contributed by atoms with Crippen molar-refractivity contribution in [3.63, 3.8) is 0 Å². The molecule has 18 heavy (non-hydrogen) atoms. The third-order valence-electron chi connectivity index (χ3n) is 4.99. The molecule has 1 amide bonds. The zero-order chi connectivity index (χ0) is 13.0. The normalized spacial score (nSPS) is 31.9. The summed E-state index contributed by atoms with van der Waals surface area (Å²) in [7, 11) is 0. The van der Waals surface area contributed by atoms with Crippen molar-refractivity contribution in [2.45, 2.75) is 64.8 Å². The summed E-state index contributed by atoms with van der Waals surface area (Å²) in [5, 5.41) is 6.70. The minimum absolute atomic E-state index is 0.0913. The Balaban J connectivity index is 1.92. The predicted molar refractivity (Wildman–Crippen MR) is 74.4 cm³/mol. The number of amides is 1. The molecule has 0 radical (unpaired) electrons. The van der Waals surface area contributed by atoms with Gasteiger partial charge in [-0.25, -0.2) is 0 Å². The highest BCUT2D eigenvalue weighted by atomic mass is 16.2. The molecule has 0 aromatic rings. The van der Waals surface area contributed by atoms with E-state index in [1.165, 1.54) is 25.7 Å². The zero-order valence-corrected chi connectivity index (χ0v) is 11.9. The van der Waals surface area contributed by atoms with Crippen LogP contribution in [-0.4, -0.2) is 25.0 Å². The van der Waals surface area contributed by atoms with Gasteiger partial charge in [0, 0.05) is 6.04 Å². The van der Waals surface area contributed by atoms with Crippen molar-refractivity contribution in [2.24, 2.45) is 11.3 Å². The van der Waals surface area contributed by atoms with Gasteiger partial charge in [-0.2, -0.15) is 0 Å². The molecule has 0 aromatic carbocycles. The fraction of sp³-hybridized carbons (Fsp3) is 0.933. The lowest BCUT2D eigenvalue weighted by molar-refractivity contribution is -0.134. The van der Waals surface area contributed by atoms with Crippen molar-refractivity contribution in [1.82, 2.24) is 10.6 Å². The second kappa shape index (κ2) is 6.05. The van der Waals surface area contributed by atoms with Crippen molar-refractivity contribution in [1.29, 1.82) is 0 Å². The molecule has 2 aliphatic rings. The van der Waals surface area contributed by atoms with Crippen LogP contribution in [-0.2, 0) is 4.79 Å². The van der Waals surface area contributed by atoms with Gasteiger partial charge in [0.15, 0.2) is 0 Å². The Morgan fingerprint density at radius 3 is 2.67 bits per heavy atom. The average Bonchev–Trinajstić information content (AvgIpc) is 2.39. The minimum atomic E-state index is -0.0913. The van der Waals surface area contributed by atoms with Gasteiger partial charge in [0.2, 0.25) is 5.91 Å². The van der Waals surface area contributed by atoms with E-state index in [0.29, 0.717) is 11.9 Å². The molecule has 1 saturated heterocycles. The molecule has 104 valence electrons. The van der Waals surface area contributed by atoms with Crippen LogP contribution in [0, 0.1) is 11.3 Å². The molecule has 0 bridgehead atoms. The monoisotopic (exact) mass is 252 g/mol. The maximum absolute atomic E-state index is 12.6. The van der Waals surface area contributed by atoms with E-state index in [1.807, 2.05) is 0 Å². The molecular weight excluding hydrogens is 224 g/mol. The Morgan fingerprint density at radius 1 is 1.33 bits per heavy atom. The van der Waals surface area contributed by atoms with Gasteiger partial charge < -0.3 is 10.6 Å². The number of rotatable bonds is 3. The molecule has 2 fully saturated rings. The molecule has 3 nitrogen and oxygen atoms in total. The molecule has 2 N–H and O–H groups in total. The molecule has 2 rings (SSSR count). The fourth-order valence-electron chi connectivity index (χ4n) is 3.55. The number of hydrogen-bond donors (Lipinski definition) is 2. The summed E-state index contributed by atoms with van der Waals surface area (Å²) in [6.45, 7) is 6.44. The average molecular weight is 252 g/mol. The van der Waals surface area contributed by atoms with E-state index in [9.17, 15) is 4.79 Å². The maximum atomic E-state index is 12.6. The third kappa shape index (κ3) is 3.05. The lowest BCUT2D eigenvalue weighted by atomic mass is 9.75. The Morgan fingerprint density at radius 2 is 2.06 bits per heavy atom. The first-order valence-corrected chi connectivity index (χ1v) is 7.68. The molecule has 1 saturated carbocycles. The van der Waals surface area contributed by atoms with Crippen molar-refractivity contribution in [3.05, 3.63) is 0 Å². The molecule has 2 unspecified atom stereocenters. The van der Waals surface area contributed by atoms with E-state index in [-0.39, 0.29) is 5.41 Å². The Bertz CT molecular complexity index is 284. The van der Waals surface area contributed by atoms with Crippen molar-refractivity contribution < 1.29 is 4.79 Å². The smallest absolute Gasteiger partial charge is 0.226 e. The summed E-state index contributed by atoms with van der Waals surface area (Å²) in [4.78, 5) is 12.6. The molecule has 0 aromatic heterocycles. The molecule has 1 aliphatic heterocycles. The molecule has 1 heterocycles. The van der Waals surface area contributed by atoms with E-state index >= 15 is 0 Å². The topological polar surface area (TPSA) is 41.1 Å². The highest BCUT2D eigenvalue weighted by Gasteiger charge is 2.38. The molecular formula is C15H28N2O. The van der Waals surface area contributed by atoms with Crippen LogP contribution in [0.1, 0.15) is 58.8 Å². The fourth-order valence-corrected chi connectivity index (χ4v) is 3.55. The van der Waals surface area contributed by atoms with Crippen LogP contribution in [0.4, 0.5) is 0 Å². The van der Waals surface area contributed by atoms with Crippen LogP contribution in [0.25, 0.3) is 0 Å². The van der Waals surface area contributed by atoms with E-state index in [0.717, 1.165) is 38.3 Å². The van der Waals surface area contributed by atoms with Crippen LogP contribution in [0.15, 0.2) is 0 Å². The van der Waals surface area contributed by atoms with E-state index in [1.54, 1.807) is 0 Å². The summed E-state index contributed by atoms with van der Waals surface area (Å²) in [5.41, 5.74) is -0.0913. The molecule has 3 heteroatoms. The minimum Gasteiger partial charge on any atom is -0.353 e. The van der Waals surface area contributed by atoms with Crippen LogP contribution in [0.5, 0.6) is 0 Å². The molecule has 2 atom stereocenters. The zero-order valence-electron chi connectivity index (χ0n) is 11.9. The summed E-state index contributed by atoms with van der Waals surface area (Å²) >= 11 is 0. The largest absolute Gasteiger partial charge is 0.353 e. The van der Waals surface area contributed by atoms with Gasteiger partial charge in [-0.15, -0.1) is 0 Å². The number of carbonyl (C=O) groups excluding carboxylic acids is 1. The SMILES string of the molecule is CCC1(C(=O)NC2CCCC(C)C2)CCNCC1. The number of carbonyl (C=O) groups is 1. The quantitative estimate of drug-likeness (QED) is 0.810. The highest BCUT2D eigenvalue weighted by molar-refractivity contribution is 5.83. The van der Waals surface area contributed by atoms with Crippen molar-refractivity contribution >= 4 is 5.91 Å². The van der Waals surface area contributed by atoms with Crippen molar-refractivity contribution in [3.8, 4) is 0 Å². The lowest BCUT2D eigenvalue weighted by Gasteiger charge is -2.38. The molecule has 1 aliphatic carbocycles. The standard InChI is InChI=1S/C15H28N2O/c1-3-15(7-9-16-10-8-15)14(18)17-13-6-4-5-12(2)11-13/h12-13,16H,3-11H2,1-2H3,(H,17,18). The molecule has 0 spiro atoms. The lowest BCUT2D eigenvalue weighted by Crippen LogP contribution is -2.50. The summed E-state index contributed by atoms with van der Waals surface area (Å²) in [6, 6.07) is 0.430. The summed E-state index contributed by atoms with van der Waals surface area (Å²) in [6.07, 6.45) is 7.91. The van der Waals surface area contributed by atoms with Gasteiger partial charge in [-0.05, 0) is 51.1 Å². The Hall–Kier alpha value is -0.570. The Labute approximate surface area is 111 Å². The van der Waals surface area contributed by atoms with Crippen molar-refractivity contribution in [2.75, 3.05) is 13.1 Å². The second-order valence-corrected chi connectivity index (χ2v) is 6.33. The van der Waals surface area contributed by atoms with Crippen LogP contribution in [0.3, 0.4) is 0 Å². The van der Waals surface area contributed by atoms with Gasteiger partial charge in [-0.3, -0.25) is 4.79 Å². The van der Waals surface area contributed by atoms with E-state index < -0.39 is 0 Å². The highest BCUT2D eigenvalue weighted by Crippen LogP contribution is 2.33. The van der Waals surface area contributed by atoms with Gasteiger partial charge in [0.25, 0.3) is 0 Å². The summed E-state index contributed by atoms with van der Waals surface area (Å²) < 4.78 is 0. The summed E-state index contributed by atoms with van der Waals surface area (Å²) in [5.74, 6) is 1.10. The number of piperidine rings is 1. The van der Waals surface area contributed by atoms with E-state index in [2.05, 4.69) is 24.5 Å². The van der Waals surface area contributed by atoms with Gasteiger partial charge in [0.05, 0.1) is 5.41 Å². The van der Waals surface area contributed by atoms with Gasteiger partial charge >= 0.3 is 0 Å². The number of nitrogens with one attached hydrogen (secondary N) is 2. The van der Waals surface area contributed by atoms with Crippen LogP contribution >= 0.6 is 0 Å². The van der Waals surface area contributed by atoms with Crippen LogP contribution in [0.2, 0.25) is 0 Å². The Kier molecular flexibility index (Phi) is 4.66. The maximum Gasteiger partial charge on any atom is 0.226 e. The second-order valence-electron chi connectivity index (χ2n) is 6.33. The number of hydrogen-bond acceptors (Lipinski definition) is 2. The van der Waals surface area contributed by atoms with E-state index in [4.69, 9.17) is 0 Å². The van der Waals surface area contributed by atoms with Gasteiger partial charge in [-0.1, -0.05) is 26.7 Å². The first-order chi connectivity index (χ1) is 8.66.